The molecule has 0 bridgehead atoms. The van der Waals surface area contributed by atoms with Gasteiger partial charge in [0.2, 0.25) is 0 Å². The molecule has 15 heavy (non-hydrogen) atoms. The van der Waals surface area contributed by atoms with Crippen molar-refractivity contribution in [2.75, 3.05) is 13.2 Å². The van der Waals surface area contributed by atoms with E-state index in [0.29, 0.717) is 18.9 Å². The Morgan fingerprint density at radius 2 is 2.33 bits per heavy atom. The van der Waals surface area contributed by atoms with Gasteiger partial charge in [-0.15, -0.1) is 0 Å². The quantitative estimate of drug-likeness (QED) is 0.727. The van der Waals surface area contributed by atoms with Crippen LogP contribution in [0.3, 0.4) is 0 Å². The van der Waals surface area contributed by atoms with Crippen molar-refractivity contribution in [2.45, 2.75) is 13.5 Å². The fourth-order valence-electron chi connectivity index (χ4n) is 1.26. The van der Waals surface area contributed by atoms with Crippen LogP contribution in [0.1, 0.15) is 12.5 Å². The lowest BCUT2D eigenvalue weighted by Crippen LogP contribution is -2.13. The van der Waals surface area contributed by atoms with Gasteiger partial charge < -0.3 is 10.1 Å². The van der Waals surface area contributed by atoms with Crippen molar-refractivity contribution < 1.29 is 9.13 Å². The molecular weight excluding hydrogens is 193 g/mol. The molecule has 0 unspecified atom stereocenters. The molecule has 0 aliphatic heterocycles. The minimum absolute atomic E-state index is 0.318. The second kappa shape index (κ2) is 6.19. The zero-order valence-corrected chi connectivity index (χ0v) is 8.92. The predicted molar refractivity (Wildman–Crippen MR) is 59.5 cm³/mol. The van der Waals surface area contributed by atoms with Gasteiger partial charge in [-0.3, -0.25) is 0 Å². The summed E-state index contributed by atoms with van der Waals surface area (Å²) in [5, 5.41) is 3.14. The summed E-state index contributed by atoms with van der Waals surface area (Å²) < 4.78 is 18.7. The maximum Gasteiger partial charge on any atom is 0.165 e. The number of hydrogen-bond acceptors (Lipinski definition) is 2. The van der Waals surface area contributed by atoms with Gasteiger partial charge in [-0.2, -0.15) is 0 Å². The number of nitrogens with one attached hydrogen (secondary N) is 1. The SMILES string of the molecule is C=CCOc1c(F)cccc1CNCC. The van der Waals surface area contributed by atoms with Crippen LogP contribution in [0.2, 0.25) is 0 Å². The summed E-state index contributed by atoms with van der Waals surface area (Å²) in [6.45, 7) is 7.31. The summed E-state index contributed by atoms with van der Waals surface area (Å²) in [4.78, 5) is 0. The monoisotopic (exact) mass is 209 g/mol. The summed E-state index contributed by atoms with van der Waals surface area (Å²) in [7, 11) is 0. The van der Waals surface area contributed by atoms with Crippen LogP contribution in [-0.4, -0.2) is 13.2 Å². The van der Waals surface area contributed by atoms with E-state index in [1.165, 1.54) is 6.07 Å². The largest absolute Gasteiger partial charge is 0.486 e. The molecule has 0 spiro atoms. The highest BCUT2D eigenvalue weighted by atomic mass is 19.1. The van der Waals surface area contributed by atoms with Crippen LogP contribution in [0, 0.1) is 5.82 Å². The zero-order chi connectivity index (χ0) is 11.1. The number of benzene rings is 1. The zero-order valence-electron chi connectivity index (χ0n) is 8.92. The van der Waals surface area contributed by atoms with Crippen molar-refractivity contribution in [2.24, 2.45) is 0 Å². The van der Waals surface area contributed by atoms with E-state index in [1.54, 1.807) is 12.1 Å². The number of para-hydroxylation sites is 1. The molecule has 2 nitrogen and oxygen atoms in total. The molecule has 0 atom stereocenters. The molecule has 1 N–H and O–H groups in total. The third-order valence-corrected chi connectivity index (χ3v) is 1.96. The van der Waals surface area contributed by atoms with E-state index < -0.39 is 0 Å². The van der Waals surface area contributed by atoms with Crippen LogP contribution < -0.4 is 10.1 Å². The molecule has 0 amide bonds. The minimum atomic E-state index is -0.327. The van der Waals surface area contributed by atoms with Gasteiger partial charge in [-0.25, -0.2) is 4.39 Å². The molecule has 0 heterocycles. The van der Waals surface area contributed by atoms with Crippen LogP contribution in [0.5, 0.6) is 5.75 Å². The van der Waals surface area contributed by atoms with Crippen molar-refractivity contribution in [3.8, 4) is 5.75 Å². The van der Waals surface area contributed by atoms with Crippen LogP contribution in [-0.2, 0) is 6.54 Å². The molecule has 1 rings (SSSR count). The van der Waals surface area contributed by atoms with Crippen molar-refractivity contribution in [1.29, 1.82) is 0 Å². The van der Waals surface area contributed by atoms with Crippen molar-refractivity contribution in [3.63, 3.8) is 0 Å². The van der Waals surface area contributed by atoms with Gasteiger partial charge in [0.1, 0.15) is 6.61 Å². The van der Waals surface area contributed by atoms with Crippen molar-refractivity contribution in [3.05, 3.63) is 42.2 Å². The van der Waals surface area contributed by atoms with E-state index >= 15 is 0 Å². The number of halogens is 1. The molecule has 3 heteroatoms. The number of ether oxygens (including phenoxy) is 1. The Balaban J connectivity index is 2.82. The Morgan fingerprint density at radius 3 is 3.00 bits per heavy atom. The highest BCUT2D eigenvalue weighted by Crippen LogP contribution is 2.22. The molecule has 0 aliphatic carbocycles. The molecule has 0 aromatic heterocycles. The van der Waals surface area contributed by atoms with Crippen LogP contribution in [0.25, 0.3) is 0 Å². The average Bonchev–Trinajstić information content (AvgIpc) is 2.25. The Hall–Kier alpha value is -1.35. The lowest BCUT2D eigenvalue weighted by atomic mass is 10.2. The summed E-state index contributed by atoms with van der Waals surface area (Å²) in [6.07, 6.45) is 1.60. The lowest BCUT2D eigenvalue weighted by molar-refractivity contribution is 0.336. The van der Waals surface area contributed by atoms with E-state index in [1.807, 2.05) is 13.0 Å². The van der Waals surface area contributed by atoms with E-state index in [2.05, 4.69) is 11.9 Å². The molecule has 0 saturated carbocycles. The molecule has 0 radical (unpaired) electrons. The molecule has 0 fully saturated rings. The van der Waals surface area contributed by atoms with Gasteiger partial charge in [-0.1, -0.05) is 31.7 Å². The van der Waals surface area contributed by atoms with Crippen LogP contribution in [0.15, 0.2) is 30.9 Å². The summed E-state index contributed by atoms with van der Waals surface area (Å²) in [6, 6.07) is 4.93. The first kappa shape index (κ1) is 11.7. The maximum atomic E-state index is 13.4. The fourth-order valence-corrected chi connectivity index (χ4v) is 1.26. The average molecular weight is 209 g/mol. The number of rotatable bonds is 6. The van der Waals surface area contributed by atoms with E-state index in [-0.39, 0.29) is 5.82 Å². The molecule has 1 aromatic rings. The Kier molecular flexibility index (Phi) is 4.84. The summed E-state index contributed by atoms with van der Waals surface area (Å²) >= 11 is 0. The van der Waals surface area contributed by atoms with Gasteiger partial charge in [-0.05, 0) is 12.6 Å². The normalized spacial score (nSPS) is 10.0. The first-order chi connectivity index (χ1) is 7.29. The third kappa shape index (κ3) is 3.36. The minimum Gasteiger partial charge on any atom is -0.486 e. The smallest absolute Gasteiger partial charge is 0.165 e. The maximum absolute atomic E-state index is 13.4. The highest BCUT2D eigenvalue weighted by Gasteiger charge is 2.08. The molecule has 1 aromatic carbocycles. The fraction of sp³-hybridized carbons (Fsp3) is 0.333. The van der Waals surface area contributed by atoms with Crippen molar-refractivity contribution >= 4 is 0 Å². The number of hydrogen-bond donors (Lipinski definition) is 1. The second-order valence-electron chi connectivity index (χ2n) is 3.11. The van der Waals surface area contributed by atoms with Gasteiger partial charge in [0, 0.05) is 12.1 Å². The van der Waals surface area contributed by atoms with Gasteiger partial charge in [0.15, 0.2) is 11.6 Å². The van der Waals surface area contributed by atoms with Gasteiger partial charge in [0.25, 0.3) is 0 Å². The topological polar surface area (TPSA) is 21.3 Å². The predicted octanol–water partition coefficient (Wildman–Crippen LogP) is 2.50. The standard InChI is InChI=1S/C12H16FNO/c1-3-8-15-12-10(9-14-4-2)6-5-7-11(12)13/h3,5-7,14H,1,4,8-9H2,2H3. The first-order valence-electron chi connectivity index (χ1n) is 5.01. The van der Waals surface area contributed by atoms with Crippen molar-refractivity contribution in [1.82, 2.24) is 5.32 Å². The Labute approximate surface area is 89.8 Å². The van der Waals surface area contributed by atoms with Crippen LogP contribution in [0.4, 0.5) is 4.39 Å². The van der Waals surface area contributed by atoms with E-state index in [4.69, 9.17) is 4.74 Å². The Bertz CT molecular complexity index is 325. The van der Waals surface area contributed by atoms with E-state index in [9.17, 15) is 4.39 Å². The molecule has 0 aliphatic rings. The first-order valence-corrected chi connectivity index (χ1v) is 5.01. The third-order valence-electron chi connectivity index (χ3n) is 1.96. The van der Waals surface area contributed by atoms with Gasteiger partial charge in [0.05, 0.1) is 0 Å². The Morgan fingerprint density at radius 1 is 1.53 bits per heavy atom. The summed E-state index contributed by atoms with van der Waals surface area (Å²) in [5.41, 5.74) is 0.832. The molecular formula is C12H16FNO. The second-order valence-corrected chi connectivity index (χ2v) is 3.11. The van der Waals surface area contributed by atoms with Gasteiger partial charge >= 0.3 is 0 Å². The highest BCUT2D eigenvalue weighted by molar-refractivity contribution is 5.35. The molecule has 0 saturated heterocycles. The summed E-state index contributed by atoms with van der Waals surface area (Å²) in [5.74, 6) is -0.00870. The lowest BCUT2D eigenvalue weighted by Gasteiger charge is -2.11. The molecule has 82 valence electrons. The van der Waals surface area contributed by atoms with Crippen LogP contribution >= 0.6 is 0 Å². The van der Waals surface area contributed by atoms with E-state index in [0.717, 1.165) is 12.1 Å².